The van der Waals surface area contributed by atoms with E-state index in [0.29, 0.717) is 11.1 Å². The van der Waals surface area contributed by atoms with E-state index in [1.165, 1.54) is 6.92 Å². The Morgan fingerprint density at radius 2 is 1.52 bits per heavy atom. The maximum Gasteiger partial charge on any atom is 0.338 e. The lowest BCUT2D eigenvalue weighted by Gasteiger charge is -2.08. The molecule has 4 aromatic rings. The number of pyridine rings is 1. The van der Waals surface area contributed by atoms with Crippen molar-refractivity contribution in [3.05, 3.63) is 105 Å². The number of aromatic amines is 1. The highest BCUT2D eigenvalue weighted by Gasteiger charge is 2.19. The zero-order valence-electron chi connectivity index (χ0n) is 17.3. The molecular weight excluding hydrogens is 427 g/mol. The zero-order valence-corrected chi connectivity index (χ0v) is 17.3. The lowest BCUT2D eigenvalue weighted by Crippen LogP contribution is -2.09. The molecule has 0 atom stereocenters. The number of halogens is 1. The van der Waals surface area contributed by atoms with Crippen molar-refractivity contribution in [2.24, 2.45) is 0 Å². The number of hydrogen-bond donors (Lipinski definition) is 3. The van der Waals surface area contributed by atoms with Crippen molar-refractivity contribution >= 4 is 22.7 Å². The third kappa shape index (κ3) is 4.62. The Morgan fingerprint density at radius 3 is 2.09 bits per heavy atom. The highest BCUT2D eigenvalue weighted by molar-refractivity contribution is 5.98. The van der Waals surface area contributed by atoms with Gasteiger partial charge in [0.2, 0.25) is 0 Å². The van der Waals surface area contributed by atoms with Gasteiger partial charge < -0.3 is 15.2 Å². The summed E-state index contributed by atoms with van der Waals surface area (Å²) in [6.45, 7) is 1.26. The van der Waals surface area contributed by atoms with Crippen LogP contribution in [0.2, 0.25) is 0 Å². The second-order valence-electron chi connectivity index (χ2n) is 6.93. The lowest BCUT2D eigenvalue weighted by molar-refractivity contribution is 0.0691. The van der Waals surface area contributed by atoms with E-state index in [9.17, 15) is 24.0 Å². The minimum Gasteiger partial charge on any atom is -0.478 e. The number of nitrogens with one attached hydrogen (secondary N) is 1. The van der Waals surface area contributed by atoms with E-state index in [1.54, 1.807) is 6.07 Å². The number of benzene rings is 3. The molecule has 0 aliphatic rings. The Hall–Kier alpha value is -4.77. The van der Waals surface area contributed by atoms with Crippen LogP contribution in [-0.2, 0) is 0 Å². The Bertz CT molecular complexity index is 1470. The van der Waals surface area contributed by atoms with Gasteiger partial charge in [0, 0.05) is 10.9 Å². The topological polar surface area (TPSA) is 131 Å². The van der Waals surface area contributed by atoms with Crippen LogP contribution in [0.1, 0.15) is 32.0 Å². The molecule has 3 aromatic carbocycles. The number of nitriles is 1. The first kappa shape index (κ1) is 22.9. The molecule has 7 nitrogen and oxygen atoms in total. The minimum atomic E-state index is -1.47. The summed E-state index contributed by atoms with van der Waals surface area (Å²) in [5.41, 5.74) is 0.894. The van der Waals surface area contributed by atoms with Crippen LogP contribution in [0.25, 0.3) is 21.9 Å². The molecule has 0 bridgehead atoms. The van der Waals surface area contributed by atoms with Crippen molar-refractivity contribution in [2.75, 3.05) is 0 Å². The molecule has 1 aromatic heterocycles. The molecule has 0 aliphatic carbocycles. The van der Waals surface area contributed by atoms with Crippen molar-refractivity contribution < 1.29 is 24.2 Å². The maximum atomic E-state index is 13.0. The summed E-state index contributed by atoms with van der Waals surface area (Å²) < 4.78 is 13.0. The predicted molar refractivity (Wildman–Crippen MR) is 120 cm³/mol. The van der Waals surface area contributed by atoms with Crippen LogP contribution in [0.3, 0.4) is 0 Å². The summed E-state index contributed by atoms with van der Waals surface area (Å²) in [7, 11) is 0. The third-order valence-electron chi connectivity index (χ3n) is 4.96. The molecule has 4 rings (SSSR count). The van der Waals surface area contributed by atoms with Gasteiger partial charge in [-0.1, -0.05) is 48.5 Å². The quantitative estimate of drug-likeness (QED) is 0.423. The van der Waals surface area contributed by atoms with Crippen molar-refractivity contribution in [2.45, 2.75) is 6.92 Å². The van der Waals surface area contributed by atoms with Gasteiger partial charge in [0.25, 0.3) is 5.56 Å². The van der Waals surface area contributed by atoms with E-state index >= 15 is 0 Å². The van der Waals surface area contributed by atoms with E-state index in [1.807, 2.05) is 48.5 Å². The summed E-state index contributed by atoms with van der Waals surface area (Å²) in [6, 6.07) is 20.9. The number of H-pyrrole nitrogens is 1. The normalized spacial score (nSPS) is 10.1. The first-order valence-electron chi connectivity index (χ1n) is 9.62. The fourth-order valence-electron chi connectivity index (χ4n) is 3.44. The van der Waals surface area contributed by atoms with Crippen LogP contribution >= 0.6 is 0 Å². The molecular formula is C25H17FN2O5. The number of fused-ring (bicyclic) bond motifs is 1. The van der Waals surface area contributed by atoms with Crippen LogP contribution in [0, 0.1) is 24.1 Å². The van der Waals surface area contributed by atoms with Crippen molar-refractivity contribution in [3.63, 3.8) is 0 Å². The summed E-state index contributed by atoms with van der Waals surface area (Å²) in [4.78, 5) is 35.8. The molecule has 33 heavy (non-hydrogen) atoms. The first-order valence-corrected chi connectivity index (χ1v) is 9.62. The average molecular weight is 444 g/mol. The zero-order chi connectivity index (χ0) is 24.1. The number of rotatable bonds is 3. The number of nitrogens with zero attached hydrogens (tertiary/aromatic N) is 1. The molecule has 3 N–H and O–H groups in total. The standard InChI is InChI=1S/C16H10N2O.C9H7FO4/c17-10-14-15(11-6-2-1-3-7-11)12-8-4-5-9-13(12)16(19)18-14;1-4-5(8(11)12)2-3-6(10)7(4)9(13)14/h1-9H,(H,18,19);2-3H,1H3,(H,11,12)(H,13,14). The van der Waals surface area contributed by atoms with Gasteiger partial charge in [-0.05, 0) is 41.6 Å². The van der Waals surface area contributed by atoms with Crippen molar-refractivity contribution in [1.29, 1.82) is 5.26 Å². The Balaban J connectivity index is 0.000000196. The van der Waals surface area contributed by atoms with Crippen LogP contribution in [0.4, 0.5) is 4.39 Å². The van der Waals surface area contributed by atoms with Crippen LogP contribution < -0.4 is 5.56 Å². The van der Waals surface area contributed by atoms with Crippen LogP contribution in [0.5, 0.6) is 0 Å². The molecule has 0 unspecified atom stereocenters. The van der Waals surface area contributed by atoms with Gasteiger partial charge in [-0.15, -0.1) is 0 Å². The van der Waals surface area contributed by atoms with Gasteiger partial charge in [-0.25, -0.2) is 14.0 Å². The number of carbonyl (C=O) groups is 2. The Morgan fingerprint density at radius 1 is 0.909 bits per heavy atom. The van der Waals surface area contributed by atoms with Crippen molar-refractivity contribution in [3.8, 4) is 17.2 Å². The average Bonchev–Trinajstić information content (AvgIpc) is 2.79. The number of hydrogen-bond acceptors (Lipinski definition) is 4. The SMILES string of the molecule is Cc1c(C(=O)O)ccc(F)c1C(=O)O.N#Cc1[nH]c(=O)c2ccccc2c1-c1ccccc1. The summed E-state index contributed by atoms with van der Waals surface area (Å²) in [6.07, 6.45) is 0. The molecule has 0 fully saturated rings. The van der Waals surface area contributed by atoms with E-state index < -0.39 is 23.3 Å². The molecule has 8 heteroatoms. The fraction of sp³-hybridized carbons (Fsp3) is 0.0400. The monoisotopic (exact) mass is 444 g/mol. The van der Waals surface area contributed by atoms with Gasteiger partial charge in [-0.3, -0.25) is 4.79 Å². The van der Waals surface area contributed by atoms with E-state index in [0.717, 1.165) is 28.6 Å². The lowest BCUT2D eigenvalue weighted by atomic mass is 9.98. The largest absolute Gasteiger partial charge is 0.478 e. The summed E-state index contributed by atoms with van der Waals surface area (Å²) in [5, 5.41) is 27.9. The smallest absolute Gasteiger partial charge is 0.338 e. The molecule has 164 valence electrons. The highest BCUT2D eigenvalue weighted by Crippen LogP contribution is 2.28. The van der Waals surface area contributed by atoms with Crippen molar-refractivity contribution in [1.82, 2.24) is 4.98 Å². The number of aromatic carboxylic acids is 2. The summed E-state index contributed by atoms with van der Waals surface area (Å²) >= 11 is 0. The van der Waals surface area contributed by atoms with Gasteiger partial charge in [-0.2, -0.15) is 5.26 Å². The van der Waals surface area contributed by atoms with E-state index in [4.69, 9.17) is 10.2 Å². The van der Waals surface area contributed by atoms with Crippen LogP contribution in [-0.4, -0.2) is 27.1 Å². The molecule has 0 saturated heterocycles. The number of carboxylic acids is 2. The van der Waals surface area contributed by atoms with Gasteiger partial charge >= 0.3 is 11.9 Å². The maximum absolute atomic E-state index is 13.0. The molecule has 0 aliphatic heterocycles. The summed E-state index contributed by atoms with van der Waals surface area (Å²) in [5.74, 6) is -3.67. The Kier molecular flexibility index (Phi) is 6.65. The fourth-order valence-corrected chi connectivity index (χ4v) is 3.44. The number of aromatic nitrogens is 1. The molecule has 0 spiro atoms. The highest BCUT2D eigenvalue weighted by atomic mass is 19.1. The van der Waals surface area contributed by atoms with Gasteiger partial charge in [0.15, 0.2) is 0 Å². The molecule has 1 heterocycles. The molecule has 0 amide bonds. The molecule has 0 radical (unpaired) electrons. The minimum absolute atomic E-state index is 0.0787. The second-order valence-corrected chi connectivity index (χ2v) is 6.93. The molecule has 0 saturated carbocycles. The van der Waals surface area contributed by atoms with Crippen LogP contribution in [0.15, 0.2) is 71.5 Å². The van der Waals surface area contributed by atoms with E-state index in [-0.39, 0.29) is 16.7 Å². The third-order valence-corrected chi connectivity index (χ3v) is 4.96. The number of carboxylic acid groups (broad SMARTS) is 2. The van der Waals surface area contributed by atoms with Gasteiger partial charge in [0.1, 0.15) is 17.6 Å². The Labute approximate surface area is 187 Å². The first-order chi connectivity index (χ1) is 15.8. The predicted octanol–water partition coefficient (Wildman–Crippen LogP) is 4.60. The van der Waals surface area contributed by atoms with Gasteiger partial charge in [0.05, 0.1) is 11.1 Å². The van der Waals surface area contributed by atoms with E-state index in [2.05, 4.69) is 11.1 Å². The second kappa shape index (κ2) is 9.58.